The fourth-order valence-corrected chi connectivity index (χ4v) is 1.88. The average molecular weight is 189 g/mol. The van der Waals surface area contributed by atoms with Gasteiger partial charge in [0.1, 0.15) is 12.1 Å². The zero-order valence-corrected chi connectivity index (χ0v) is 7.44. The van der Waals surface area contributed by atoms with E-state index < -0.39 is 0 Å². The van der Waals surface area contributed by atoms with Crippen LogP contribution in [0.3, 0.4) is 0 Å². The fourth-order valence-electron chi connectivity index (χ4n) is 1.88. The topological polar surface area (TPSA) is 30.7 Å². The first-order chi connectivity index (χ1) is 6.86. The van der Waals surface area contributed by atoms with Gasteiger partial charge in [0.05, 0.1) is 0 Å². The van der Waals surface area contributed by atoms with Gasteiger partial charge in [0.2, 0.25) is 0 Å². The predicted octanol–water partition coefficient (Wildman–Crippen LogP) is 1.64. The Bertz CT molecular complexity index is 490. The van der Waals surface area contributed by atoms with Crippen LogP contribution in [0, 0.1) is 5.82 Å². The Balaban J connectivity index is 2.31. The second kappa shape index (κ2) is 2.64. The predicted molar refractivity (Wildman–Crippen MR) is 49.1 cm³/mol. The smallest absolute Gasteiger partial charge is 0.158 e. The van der Waals surface area contributed by atoms with E-state index in [1.54, 1.807) is 6.07 Å². The number of hydrogen-bond donors (Lipinski definition) is 0. The molecule has 0 amide bonds. The van der Waals surface area contributed by atoms with Crippen LogP contribution in [0.2, 0.25) is 0 Å². The summed E-state index contributed by atoms with van der Waals surface area (Å²) in [6.45, 7) is 0.712. The van der Waals surface area contributed by atoms with Gasteiger partial charge in [0.25, 0.3) is 0 Å². The first-order valence-corrected chi connectivity index (χ1v) is 4.52. The van der Waals surface area contributed by atoms with Crippen molar-refractivity contribution in [2.75, 3.05) is 0 Å². The Morgan fingerprint density at radius 1 is 1.36 bits per heavy atom. The van der Waals surface area contributed by atoms with Crippen molar-refractivity contribution in [3.05, 3.63) is 35.9 Å². The SMILES string of the molecule is Fc1cccc2c1CCn1ncnc1-2. The lowest BCUT2D eigenvalue weighted by molar-refractivity contribution is 0.561. The van der Waals surface area contributed by atoms with Crippen molar-refractivity contribution >= 4 is 0 Å². The molecular weight excluding hydrogens is 181 g/mol. The lowest BCUT2D eigenvalue weighted by atomic mass is 10.0. The van der Waals surface area contributed by atoms with Crippen molar-refractivity contribution in [2.45, 2.75) is 13.0 Å². The van der Waals surface area contributed by atoms with Crippen molar-refractivity contribution in [2.24, 2.45) is 0 Å². The Morgan fingerprint density at radius 2 is 2.29 bits per heavy atom. The molecule has 0 unspecified atom stereocenters. The molecule has 4 heteroatoms. The van der Waals surface area contributed by atoms with Crippen LogP contribution in [0.4, 0.5) is 4.39 Å². The van der Waals surface area contributed by atoms with Crippen LogP contribution >= 0.6 is 0 Å². The van der Waals surface area contributed by atoms with E-state index >= 15 is 0 Å². The summed E-state index contributed by atoms with van der Waals surface area (Å²) >= 11 is 0. The third-order valence-corrected chi connectivity index (χ3v) is 2.55. The van der Waals surface area contributed by atoms with Gasteiger partial charge >= 0.3 is 0 Å². The standard InChI is InChI=1S/C10H8FN3/c11-9-3-1-2-8-7(9)4-5-14-10(8)12-6-13-14/h1-3,6H,4-5H2. The minimum atomic E-state index is -0.142. The molecule has 0 spiro atoms. The number of fused-ring (bicyclic) bond motifs is 3. The van der Waals surface area contributed by atoms with Crippen molar-refractivity contribution in [1.29, 1.82) is 0 Å². The summed E-state index contributed by atoms with van der Waals surface area (Å²) in [7, 11) is 0. The van der Waals surface area contributed by atoms with Crippen molar-refractivity contribution in [1.82, 2.24) is 14.8 Å². The van der Waals surface area contributed by atoms with Crippen molar-refractivity contribution in [3.8, 4) is 11.4 Å². The minimum absolute atomic E-state index is 0.142. The maximum atomic E-state index is 13.4. The Labute approximate surface area is 80.2 Å². The highest BCUT2D eigenvalue weighted by atomic mass is 19.1. The molecule has 2 aromatic rings. The van der Waals surface area contributed by atoms with Crippen molar-refractivity contribution in [3.63, 3.8) is 0 Å². The summed E-state index contributed by atoms with van der Waals surface area (Å²) < 4.78 is 15.2. The number of aromatic nitrogens is 3. The molecule has 0 N–H and O–H groups in total. The van der Waals surface area contributed by atoms with E-state index in [4.69, 9.17) is 0 Å². The summed E-state index contributed by atoms with van der Waals surface area (Å²) in [5.41, 5.74) is 1.63. The van der Waals surface area contributed by atoms with E-state index in [0.29, 0.717) is 13.0 Å². The Kier molecular flexibility index (Phi) is 1.45. The molecule has 0 fully saturated rings. The van der Waals surface area contributed by atoms with Gasteiger partial charge < -0.3 is 0 Å². The number of nitrogens with zero attached hydrogens (tertiary/aromatic N) is 3. The van der Waals surface area contributed by atoms with Crippen molar-refractivity contribution < 1.29 is 4.39 Å². The summed E-state index contributed by atoms with van der Waals surface area (Å²) in [5.74, 6) is 0.627. The van der Waals surface area contributed by atoms with Crippen LogP contribution < -0.4 is 0 Å². The normalized spacial score (nSPS) is 13.5. The van der Waals surface area contributed by atoms with Crippen LogP contribution in [0.15, 0.2) is 24.5 Å². The highest BCUT2D eigenvalue weighted by Gasteiger charge is 2.19. The van der Waals surface area contributed by atoms with Gasteiger partial charge in [0, 0.05) is 17.7 Å². The average Bonchev–Trinajstić information content (AvgIpc) is 2.66. The largest absolute Gasteiger partial charge is 0.245 e. The number of hydrogen-bond acceptors (Lipinski definition) is 2. The molecule has 0 bridgehead atoms. The molecule has 1 aromatic carbocycles. The van der Waals surface area contributed by atoms with Gasteiger partial charge in [-0.3, -0.25) is 0 Å². The lowest BCUT2D eigenvalue weighted by Crippen LogP contribution is -2.13. The molecule has 2 heterocycles. The monoisotopic (exact) mass is 189 g/mol. The maximum Gasteiger partial charge on any atom is 0.158 e. The zero-order valence-electron chi connectivity index (χ0n) is 7.44. The van der Waals surface area contributed by atoms with E-state index in [1.807, 2.05) is 10.7 Å². The molecule has 0 saturated heterocycles. The van der Waals surface area contributed by atoms with Crippen LogP contribution in [0.25, 0.3) is 11.4 Å². The van der Waals surface area contributed by atoms with Crippen LogP contribution in [-0.4, -0.2) is 14.8 Å². The molecular formula is C10H8FN3. The minimum Gasteiger partial charge on any atom is -0.245 e. The van der Waals surface area contributed by atoms with Gasteiger partial charge in [-0.05, 0) is 12.5 Å². The molecule has 0 atom stereocenters. The van der Waals surface area contributed by atoms with Gasteiger partial charge in [-0.15, -0.1) is 0 Å². The first-order valence-electron chi connectivity index (χ1n) is 4.52. The molecule has 1 aromatic heterocycles. The maximum absolute atomic E-state index is 13.4. The highest BCUT2D eigenvalue weighted by molar-refractivity contribution is 5.61. The summed E-state index contributed by atoms with van der Waals surface area (Å²) in [5, 5.41) is 4.07. The number of benzene rings is 1. The molecule has 0 saturated carbocycles. The summed E-state index contributed by atoms with van der Waals surface area (Å²) in [6, 6.07) is 5.08. The molecule has 0 aliphatic carbocycles. The zero-order chi connectivity index (χ0) is 9.54. The second-order valence-electron chi connectivity index (χ2n) is 3.32. The molecule has 3 nitrogen and oxygen atoms in total. The molecule has 70 valence electrons. The van der Waals surface area contributed by atoms with Gasteiger partial charge in [-0.2, -0.15) is 5.10 Å². The molecule has 1 aliphatic rings. The van der Waals surface area contributed by atoms with E-state index in [0.717, 1.165) is 17.0 Å². The number of aryl methyl sites for hydroxylation is 1. The van der Waals surface area contributed by atoms with Crippen LogP contribution in [0.5, 0.6) is 0 Å². The Hall–Kier alpha value is -1.71. The quantitative estimate of drug-likeness (QED) is 0.630. The van der Waals surface area contributed by atoms with Crippen LogP contribution in [-0.2, 0) is 13.0 Å². The van der Waals surface area contributed by atoms with Crippen LogP contribution in [0.1, 0.15) is 5.56 Å². The molecule has 14 heavy (non-hydrogen) atoms. The third kappa shape index (κ3) is 0.907. The summed E-state index contributed by atoms with van der Waals surface area (Å²) in [4.78, 5) is 4.12. The van der Waals surface area contributed by atoms with E-state index in [1.165, 1.54) is 12.4 Å². The second-order valence-corrected chi connectivity index (χ2v) is 3.32. The molecule has 3 rings (SSSR count). The first kappa shape index (κ1) is 7.67. The summed E-state index contributed by atoms with van der Waals surface area (Å²) in [6.07, 6.45) is 2.20. The van der Waals surface area contributed by atoms with E-state index in [-0.39, 0.29) is 5.82 Å². The van der Waals surface area contributed by atoms with Gasteiger partial charge in [0.15, 0.2) is 5.82 Å². The molecule has 1 aliphatic heterocycles. The van der Waals surface area contributed by atoms with Gasteiger partial charge in [-0.25, -0.2) is 14.1 Å². The Morgan fingerprint density at radius 3 is 3.21 bits per heavy atom. The third-order valence-electron chi connectivity index (χ3n) is 2.55. The number of halogens is 1. The van der Waals surface area contributed by atoms with Gasteiger partial charge in [-0.1, -0.05) is 12.1 Å². The van der Waals surface area contributed by atoms with E-state index in [9.17, 15) is 4.39 Å². The lowest BCUT2D eigenvalue weighted by Gasteiger charge is -2.16. The fraction of sp³-hybridized carbons (Fsp3) is 0.200. The molecule has 0 radical (unpaired) electrons. The number of rotatable bonds is 0. The highest BCUT2D eigenvalue weighted by Crippen LogP contribution is 2.28. The van der Waals surface area contributed by atoms with E-state index in [2.05, 4.69) is 10.1 Å².